The van der Waals surface area contributed by atoms with Gasteiger partial charge in [0.15, 0.2) is 0 Å². The van der Waals surface area contributed by atoms with Gasteiger partial charge < -0.3 is 5.32 Å². The second-order valence-electron chi connectivity index (χ2n) is 2.32. The molecule has 0 bridgehead atoms. The molecule has 7 heteroatoms. The van der Waals surface area contributed by atoms with Crippen molar-refractivity contribution in [1.29, 1.82) is 0 Å². The molecule has 1 aromatic carbocycles. The van der Waals surface area contributed by atoms with E-state index in [1.54, 1.807) is 0 Å². The zero-order valence-corrected chi connectivity index (χ0v) is 8.17. The van der Waals surface area contributed by atoms with Gasteiger partial charge in [0, 0.05) is 12.1 Å². The fourth-order valence-electron chi connectivity index (χ4n) is 0.825. The Morgan fingerprint density at radius 1 is 1.50 bits per heavy atom. The Labute approximate surface area is 88.8 Å². The lowest BCUT2D eigenvalue weighted by molar-refractivity contribution is -0.384. The molecule has 1 rings (SSSR count). The van der Waals surface area contributed by atoms with E-state index >= 15 is 0 Å². The first kappa shape index (κ1) is 10.7. The standard InChI is InChI=1S/C7H4Cl2N2O3/c8-5-3-4(11(13)14)1-2-6(5)10-7(9)12/h1-3H,(H,10,12). The Kier molecular flexibility index (Phi) is 3.27. The second-order valence-corrected chi connectivity index (χ2v) is 3.07. The van der Waals surface area contributed by atoms with E-state index in [-0.39, 0.29) is 16.4 Å². The molecule has 14 heavy (non-hydrogen) atoms. The Morgan fingerprint density at radius 2 is 2.14 bits per heavy atom. The van der Waals surface area contributed by atoms with Gasteiger partial charge in [-0.3, -0.25) is 14.9 Å². The first-order chi connectivity index (χ1) is 6.50. The fraction of sp³-hybridized carbons (Fsp3) is 0. The van der Waals surface area contributed by atoms with Crippen molar-refractivity contribution in [3.63, 3.8) is 0 Å². The third-order valence-electron chi connectivity index (χ3n) is 1.40. The highest BCUT2D eigenvalue weighted by Gasteiger charge is 2.10. The topological polar surface area (TPSA) is 72.2 Å². The minimum atomic E-state index is -0.805. The van der Waals surface area contributed by atoms with Crippen LogP contribution in [0.2, 0.25) is 5.02 Å². The number of amides is 1. The zero-order valence-electron chi connectivity index (χ0n) is 6.66. The highest BCUT2D eigenvalue weighted by Crippen LogP contribution is 2.26. The van der Waals surface area contributed by atoms with Gasteiger partial charge in [0.05, 0.1) is 15.6 Å². The van der Waals surface area contributed by atoms with E-state index < -0.39 is 10.3 Å². The molecule has 5 nitrogen and oxygen atoms in total. The number of hydrogen-bond acceptors (Lipinski definition) is 3. The summed E-state index contributed by atoms with van der Waals surface area (Å²) in [6.07, 6.45) is 0. The molecule has 1 N–H and O–H groups in total. The van der Waals surface area contributed by atoms with Crippen LogP contribution in [-0.4, -0.2) is 10.3 Å². The summed E-state index contributed by atoms with van der Waals surface area (Å²) in [5.74, 6) is 0. The first-order valence-corrected chi connectivity index (χ1v) is 4.16. The Balaban J connectivity index is 3.01. The average Bonchev–Trinajstić information content (AvgIpc) is 2.07. The molecule has 1 aromatic rings. The second kappa shape index (κ2) is 4.26. The molecule has 74 valence electrons. The lowest BCUT2D eigenvalue weighted by Crippen LogP contribution is -2.01. The van der Waals surface area contributed by atoms with Crippen molar-refractivity contribution in [1.82, 2.24) is 0 Å². The largest absolute Gasteiger partial charge is 0.318 e. The number of anilines is 1. The number of benzene rings is 1. The molecule has 0 saturated heterocycles. The number of carbonyl (C=O) groups excluding carboxylic acids is 1. The molecule has 0 aliphatic heterocycles. The summed E-state index contributed by atoms with van der Waals surface area (Å²) in [4.78, 5) is 20.2. The maximum absolute atomic E-state index is 10.4. The number of nitro groups is 1. The van der Waals surface area contributed by atoms with Crippen molar-refractivity contribution in [3.05, 3.63) is 33.3 Å². The van der Waals surface area contributed by atoms with Crippen LogP contribution < -0.4 is 5.32 Å². The molecular weight excluding hydrogens is 231 g/mol. The van der Waals surface area contributed by atoms with Crippen molar-refractivity contribution in [2.45, 2.75) is 0 Å². The quantitative estimate of drug-likeness (QED) is 0.370. The van der Waals surface area contributed by atoms with Gasteiger partial charge in [0.25, 0.3) is 5.69 Å². The predicted molar refractivity (Wildman–Crippen MR) is 53.0 cm³/mol. The van der Waals surface area contributed by atoms with Gasteiger partial charge in [0.2, 0.25) is 0 Å². The van der Waals surface area contributed by atoms with Gasteiger partial charge in [-0.25, -0.2) is 0 Å². The highest BCUT2D eigenvalue weighted by atomic mass is 35.5. The lowest BCUT2D eigenvalue weighted by Gasteiger charge is -2.02. The van der Waals surface area contributed by atoms with E-state index in [9.17, 15) is 14.9 Å². The van der Waals surface area contributed by atoms with Gasteiger partial charge >= 0.3 is 5.37 Å². The summed E-state index contributed by atoms with van der Waals surface area (Å²) < 4.78 is 0. The van der Waals surface area contributed by atoms with Crippen molar-refractivity contribution in [2.24, 2.45) is 0 Å². The summed E-state index contributed by atoms with van der Waals surface area (Å²) in [5.41, 5.74) is 0.0832. The monoisotopic (exact) mass is 234 g/mol. The molecule has 0 saturated carbocycles. The minimum absolute atomic E-state index is 0.0631. The molecule has 0 spiro atoms. The van der Waals surface area contributed by atoms with Crippen LogP contribution in [0.25, 0.3) is 0 Å². The van der Waals surface area contributed by atoms with Crippen LogP contribution in [0.15, 0.2) is 18.2 Å². The summed E-state index contributed by atoms with van der Waals surface area (Å²) in [7, 11) is 0. The SMILES string of the molecule is O=C(Cl)Nc1ccc([N+](=O)[O-])cc1Cl. The molecule has 0 aliphatic rings. The van der Waals surface area contributed by atoms with Crippen LogP contribution in [-0.2, 0) is 0 Å². The Morgan fingerprint density at radius 3 is 2.57 bits per heavy atom. The fourth-order valence-corrected chi connectivity index (χ4v) is 1.15. The number of nitrogens with one attached hydrogen (secondary N) is 1. The van der Waals surface area contributed by atoms with Crippen LogP contribution >= 0.6 is 23.2 Å². The Hall–Kier alpha value is -1.33. The van der Waals surface area contributed by atoms with E-state index in [1.807, 2.05) is 0 Å². The third-order valence-corrected chi connectivity index (χ3v) is 1.80. The van der Waals surface area contributed by atoms with Gasteiger partial charge in [-0.2, -0.15) is 0 Å². The van der Waals surface area contributed by atoms with Crippen molar-refractivity contribution in [3.8, 4) is 0 Å². The van der Waals surface area contributed by atoms with E-state index in [0.717, 1.165) is 6.07 Å². The van der Waals surface area contributed by atoms with Crippen LogP contribution in [0.4, 0.5) is 16.2 Å². The number of nitro benzene ring substituents is 1. The van der Waals surface area contributed by atoms with Crippen molar-refractivity contribution in [2.75, 3.05) is 5.32 Å². The van der Waals surface area contributed by atoms with E-state index in [0.29, 0.717) is 0 Å². The predicted octanol–water partition coefficient (Wildman–Crippen LogP) is 3.02. The number of halogens is 2. The van der Waals surface area contributed by atoms with Crippen LogP contribution in [0, 0.1) is 10.1 Å². The molecule has 0 fully saturated rings. The zero-order chi connectivity index (χ0) is 10.7. The molecule has 0 atom stereocenters. The number of nitrogens with zero attached hydrogens (tertiary/aromatic N) is 1. The van der Waals surface area contributed by atoms with E-state index in [4.69, 9.17) is 23.2 Å². The number of non-ortho nitro benzene ring substituents is 1. The van der Waals surface area contributed by atoms with Crippen molar-refractivity contribution < 1.29 is 9.72 Å². The summed E-state index contributed by atoms with van der Waals surface area (Å²) in [6, 6.07) is 3.65. The summed E-state index contributed by atoms with van der Waals surface area (Å²) in [6.45, 7) is 0. The lowest BCUT2D eigenvalue weighted by atomic mass is 10.3. The minimum Gasteiger partial charge on any atom is -0.311 e. The van der Waals surface area contributed by atoms with Gasteiger partial charge in [-0.05, 0) is 17.7 Å². The first-order valence-electron chi connectivity index (χ1n) is 3.41. The van der Waals surface area contributed by atoms with E-state index in [1.165, 1.54) is 12.1 Å². The van der Waals surface area contributed by atoms with Crippen LogP contribution in [0.3, 0.4) is 0 Å². The van der Waals surface area contributed by atoms with Gasteiger partial charge in [0.1, 0.15) is 0 Å². The van der Waals surface area contributed by atoms with Crippen LogP contribution in [0.5, 0.6) is 0 Å². The van der Waals surface area contributed by atoms with E-state index in [2.05, 4.69) is 5.32 Å². The van der Waals surface area contributed by atoms with Gasteiger partial charge in [-0.15, -0.1) is 0 Å². The summed E-state index contributed by atoms with van der Waals surface area (Å²) >= 11 is 10.7. The third kappa shape index (κ3) is 2.58. The average molecular weight is 235 g/mol. The molecular formula is C7H4Cl2N2O3. The Bertz CT molecular complexity index is 395. The number of carbonyl (C=O) groups is 1. The maximum atomic E-state index is 10.4. The molecule has 0 aromatic heterocycles. The smallest absolute Gasteiger partial charge is 0.311 e. The summed E-state index contributed by atoms with van der Waals surface area (Å²) in [5, 5.41) is 11.8. The molecule has 0 aliphatic carbocycles. The maximum Gasteiger partial charge on any atom is 0.318 e. The molecule has 0 heterocycles. The van der Waals surface area contributed by atoms with Crippen molar-refractivity contribution >= 4 is 39.9 Å². The molecule has 1 amide bonds. The highest BCUT2D eigenvalue weighted by molar-refractivity contribution is 6.66. The normalized spacial score (nSPS) is 9.57. The molecule has 0 radical (unpaired) electrons. The molecule has 0 unspecified atom stereocenters. The van der Waals surface area contributed by atoms with Crippen LogP contribution in [0.1, 0.15) is 0 Å². The number of rotatable bonds is 2. The number of hydrogen-bond donors (Lipinski definition) is 1. The van der Waals surface area contributed by atoms with Gasteiger partial charge in [-0.1, -0.05) is 11.6 Å².